The van der Waals surface area contributed by atoms with Crippen LogP contribution in [0.3, 0.4) is 0 Å². The fourth-order valence-electron chi connectivity index (χ4n) is 2.59. The molecule has 0 saturated carbocycles. The maximum Gasteiger partial charge on any atom is 0.243 e. The second-order valence-corrected chi connectivity index (χ2v) is 7.63. The van der Waals surface area contributed by atoms with Gasteiger partial charge in [-0.3, -0.25) is 0 Å². The van der Waals surface area contributed by atoms with Gasteiger partial charge in [0.05, 0.1) is 15.9 Å². The molecule has 0 amide bonds. The van der Waals surface area contributed by atoms with Gasteiger partial charge in [-0.25, -0.2) is 8.42 Å². The Hall–Kier alpha value is -0.980. The summed E-state index contributed by atoms with van der Waals surface area (Å²) in [6.45, 7) is 4.18. The Morgan fingerprint density at radius 1 is 1.35 bits per heavy atom. The van der Waals surface area contributed by atoms with Crippen LogP contribution in [0.15, 0.2) is 23.1 Å². The molecule has 1 aromatic carbocycles. The molecule has 0 spiro atoms. The molecule has 1 unspecified atom stereocenters. The molecule has 1 fully saturated rings. The lowest BCUT2D eigenvalue weighted by atomic mass is 10.1. The Morgan fingerprint density at radius 3 is 2.70 bits per heavy atom. The van der Waals surface area contributed by atoms with Crippen LogP contribution in [0.1, 0.15) is 30.4 Å². The van der Waals surface area contributed by atoms with Gasteiger partial charge in [0.15, 0.2) is 0 Å². The van der Waals surface area contributed by atoms with E-state index in [9.17, 15) is 8.42 Å². The summed E-state index contributed by atoms with van der Waals surface area (Å²) in [4.78, 5) is 0.624. The van der Waals surface area contributed by atoms with E-state index in [0.717, 1.165) is 24.0 Å². The van der Waals surface area contributed by atoms with Crippen LogP contribution in [-0.4, -0.2) is 30.3 Å². The number of thiocarbonyl (C=S) groups is 1. The summed E-state index contributed by atoms with van der Waals surface area (Å²) in [5.74, 6) is 0. The summed E-state index contributed by atoms with van der Waals surface area (Å²) in [5.41, 5.74) is 7.41. The third-order valence-corrected chi connectivity index (χ3v) is 6.03. The molecule has 20 heavy (non-hydrogen) atoms. The highest BCUT2D eigenvalue weighted by Gasteiger charge is 2.35. The molecule has 6 heteroatoms. The standard InChI is InChI=1S/C14H20N2O2S2/c1-10-6-7-11(2)13(9-10)20(17,18)16-8-4-3-5-12(16)14(15)19/h6-7,9,12H,3-5,8H2,1-2H3,(H2,15,19). The lowest BCUT2D eigenvalue weighted by Crippen LogP contribution is -2.49. The fraction of sp³-hybridized carbons (Fsp3) is 0.500. The predicted molar refractivity (Wildman–Crippen MR) is 84.2 cm³/mol. The van der Waals surface area contributed by atoms with Crippen molar-refractivity contribution in [2.45, 2.75) is 44.0 Å². The summed E-state index contributed by atoms with van der Waals surface area (Å²) >= 11 is 5.04. The Bertz CT molecular complexity index is 626. The number of aryl methyl sites for hydroxylation is 2. The van der Waals surface area contributed by atoms with E-state index in [1.807, 2.05) is 26.0 Å². The average molecular weight is 312 g/mol. The molecular weight excluding hydrogens is 292 g/mol. The summed E-state index contributed by atoms with van der Waals surface area (Å²) < 4.78 is 27.2. The number of sulfonamides is 1. The smallest absolute Gasteiger partial charge is 0.243 e. The van der Waals surface area contributed by atoms with Crippen LogP contribution in [0.5, 0.6) is 0 Å². The first kappa shape index (κ1) is 15.4. The van der Waals surface area contributed by atoms with Gasteiger partial charge in [-0.15, -0.1) is 0 Å². The normalized spacial score (nSPS) is 20.8. The van der Waals surface area contributed by atoms with Crippen LogP contribution in [0, 0.1) is 13.8 Å². The van der Waals surface area contributed by atoms with Crippen molar-refractivity contribution in [2.75, 3.05) is 6.54 Å². The number of piperidine rings is 1. The number of rotatable bonds is 3. The molecule has 2 rings (SSSR count). The van der Waals surface area contributed by atoms with Crippen molar-refractivity contribution >= 4 is 27.2 Å². The van der Waals surface area contributed by atoms with Crippen LogP contribution in [0.25, 0.3) is 0 Å². The first-order valence-electron chi connectivity index (χ1n) is 6.72. The molecule has 4 nitrogen and oxygen atoms in total. The summed E-state index contributed by atoms with van der Waals surface area (Å²) in [6.07, 6.45) is 2.52. The molecule has 1 heterocycles. The molecule has 1 aliphatic rings. The monoisotopic (exact) mass is 312 g/mol. The van der Waals surface area contributed by atoms with Crippen molar-refractivity contribution in [3.05, 3.63) is 29.3 Å². The Kier molecular flexibility index (Phi) is 4.46. The number of benzene rings is 1. The maximum atomic E-state index is 12.9. The SMILES string of the molecule is Cc1ccc(C)c(S(=O)(=O)N2CCCCC2C(N)=S)c1. The molecular formula is C14H20N2O2S2. The van der Waals surface area contributed by atoms with Crippen molar-refractivity contribution < 1.29 is 8.42 Å². The van der Waals surface area contributed by atoms with E-state index in [-0.39, 0.29) is 11.0 Å². The number of hydrogen-bond donors (Lipinski definition) is 1. The fourth-order valence-corrected chi connectivity index (χ4v) is 4.89. The third kappa shape index (κ3) is 2.87. The van der Waals surface area contributed by atoms with Crippen LogP contribution < -0.4 is 5.73 Å². The molecule has 0 radical (unpaired) electrons. The van der Waals surface area contributed by atoms with E-state index in [4.69, 9.17) is 18.0 Å². The number of nitrogens with two attached hydrogens (primary N) is 1. The summed E-state index contributed by atoms with van der Waals surface area (Å²) in [6, 6.07) is 5.11. The van der Waals surface area contributed by atoms with Gasteiger partial charge in [-0.2, -0.15) is 4.31 Å². The van der Waals surface area contributed by atoms with Crippen molar-refractivity contribution in [3.63, 3.8) is 0 Å². The Morgan fingerprint density at radius 2 is 2.05 bits per heavy atom. The topological polar surface area (TPSA) is 63.4 Å². The van der Waals surface area contributed by atoms with E-state index in [1.165, 1.54) is 4.31 Å². The molecule has 0 aliphatic carbocycles. The van der Waals surface area contributed by atoms with Crippen LogP contribution in [0.4, 0.5) is 0 Å². The van der Waals surface area contributed by atoms with Gasteiger partial charge in [0.1, 0.15) is 0 Å². The van der Waals surface area contributed by atoms with Crippen LogP contribution >= 0.6 is 12.2 Å². The molecule has 1 atom stereocenters. The van der Waals surface area contributed by atoms with E-state index >= 15 is 0 Å². The quantitative estimate of drug-likeness (QED) is 0.869. The second-order valence-electron chi connectivity index (χ2n) is 5.30. The largest absolute Gasteiger partial charge is 0.392 e. The van der Waals surface area contributed by atoms with Crippen molar-refractivity contribution in [1.82, 2.24) is 4.31 Å². The molecule has 0 aromatic heterocycles. The lowest BCUT2D eigenvalue weighted by molar-refractivity contribution is 0.306. The van der Waals surface area contributed by atoms with E-state index < -0.39 is 10.0 Å². The van der Waals surface area contributed by atoms with Gasteiger partial charge in [-0.05, 0) is 43.9 Å². The van der Waals surface area contributed by atoms with Gasteiger partial charge < -0.3 is 5.73 Å². The lowest BCUT2D eigenvalue weighted by Gasteiger charge is -2.34. The van der Waals surface area contributed by atoms with E-state index in [2.05, 4.69) is 0 Å². The highest BCUT2D eigenvalue weighted by atomic mass is 32.2. The first-order chi connectivity index (χ1) is 9.34. The summed E-state index contributed by atoms with van der Waals surface area (Å²) in [5, 5.41) is 0. The highest BCUT2D eigenvalue weighted by Crippen LogP contribution is 2.27. The van der Waals surface area contributed by atoms with Gasteiger partial charge in [0, 0.05) is 6.54 Å². The zero-order chi connectivity index (χ0) is 14.9. The molecule has 1 aliphatic heterocycles. The van der Waals surface area contributed by atoms with Crippen LogP contribution in [-0.2, 0) is 10.0 Å². The van der Waals surface area contributed by atoms with Gasteiger partial charge in [0.2, 0.25) is 10.0 Å². The van der Waals surface area contributed by atoms with Gasteiger partial charge in [-0.1, -0.05) is 30.8 Å². The Balaban J connectivity index is 2.47. The van der Waals surface area contributed by atoms with Gasteiger partial charge in [0.25, 0.3) is 0 Å². The van der Waals surface area contributed by atoms with Crippen molar-refractivity contribution in [2.24, 2.45) is 5.73 Å². The average Bonchev–Trinajstić information content (AvgIpc) is 2.41. The number of hydrogen-bond acceptors (Lipinski definition) is 3. The molecule has 1 aromatic rings. The predicted octanol–water partition coefficient (Wildman–Crippen LogP) is 2.13. The minimum absolute atomic E-state index is 0.263. The van der Waals surface area contributed by atoms with Crippen molar-refractivity contribution in [1.29, 1.82) is 0 Å². The third-order valence-electron chi connectivity index (χ3n) is 3.71. The zero-order valence-electron chi connectivity index (χ0n) is 11.8. The minimum atomic E-state index is -3.54. The Labute approximate surface area is 126 Å². The zero-order valence-corrected chi connectivity index (χ0v) is 13.4. The van der Waals surface area contributed by atoms with E-state index in [0.29, 0.717) is 17.9 Å². The molecule has 1 saturated heterocycles. The van der Waals surface area contributed by atoms with Crippen molar-refractivity contribution in [3.8, 4) is 0 Å². The second kappa shape index (κ2) is 5.79. The molecule has 0 bridgehead atoms. The summed E-state index contributed by atoms with van der Waals surface area (Å²) in [7, 11) is -3.54. The van der Waals surface area contributed by atoms with Crippen LogP contribution in [0.2, 0.25) is 0 Å². The molecule has 2 N–H and O–H groups in total. The number of nitrogens with zero attached hydrogens (tertiary/aromatic N) is 1. The highest BCUT2D eigenvalue weighted by molar-refractivity contribution is 7.89. The minimum Gasteiger partial charge on any atom is -0.392 e. The molecule has 110 valence electrons. The van der Waals surface area contributed by atoms with E-state index in [1.54, 1.807) is 6.07 Å². The first-order valence-corrected chi connectivity index (χ1v) is 8.57. The maximum absolute atomic E-state index is 12.9. The van der Waals surface area contributed by atoms with Gasteiger partial charge >= 0.3 is 0 Å².